The summed E-state index contributed by atoms with van der Waals surface area (Å²) in [5.74, 6) is 1.12. The molecule has 0 spiro atoms. The van der Waals surface area contributed by atoms with Gasteiger partial charge in [0.25, 0.3) is 5.91 Å². The fraction of sp³-hybridized carbons (Fsp3) is 0.100. The number of pyridine rings is 1. The average Bonchev–Trinajstić information content (AvgIpc) is 3.27. The fourth-order valence-electron chi connectivity index (χ4n) is 3.21. The lowest BCUT2D eigenvalue weighted by molar-refractivity contribution is 0.0966. The predicted octanol–water partition coefficient (Wildman–Crippen LogP) is 3.75. The molecule has 0 radical (unpaired) electrons. The number of rotatable bonds is 5. The molecule has 4 rings (SSSR count). The van der Waals surface area contributed by atoms with E-state index in [-0.39, 0.29) is 5.91 Å². The molecule has 2 N–H and O–H groups in total. The quantitative estimate of drug-likeness (QED) is 0.680. The lowest BCUT2D eigenvalue weighted by Crippen LogP contribution is -2.13. The Balaban J connectivity index is 1.83. The number of benzene rings is 1. The van der Waals surface area contributed by atoms with Crippen LogP contribution in [0.15, 0.2) is 54.3 Å². The Kier molecular flexibility index (Phi) is 4.25. The minimum Gasteiger partial charge on any atom is -0.348 e. The molecule has 0 aliphatic carbocycles. The maximum atomic E-state index is 12.5. The zero-order valence-electron chi connectivity index (χ0n) is 14.8. The van der Waals surface area contributed by atoms with E-state index in [1.165, 1.54) is 0 Å². The molecule has 7 heteroatoms. The molecule has 27 heavy (non-hydrogen) atoms. The number of nitrogens with zero attached hydrogens (tertiary/aromatic N) is 4. The lowest BCUT2D eigenvalue weighted by atomic mass is 9.99. The van der Waals surface area contributed by atoms with Crippen LogP contribution < -0.4 is 10.6 Å². The summed E-state index contributed by atoms with van der Waals surface area (Å²) in [5.41, 5.74) is 4.01. The molecule has 0 saturated heterocycles. The normalized spacial score (nSPS) is 12.9. The van der Waals surface area contributed by atoms with E-state index in [4.69, 9.17) is 0 Å². The van der Waals surface area contributed by atoms with Gasteiger partial charge in [-0.2, -0.15) is 0 Å². The number of aliphatic imine (C=N–C) groups is 1. The number of hydrogen-bond acceptors (Lipinski definition) is 5. The van der Waals surface area contributed by atoms with Crippen LogP contribution >= 0.6 is 0 Å². The molecule has 7 nitrogen and oxygen atoms in total. The first-order valence-electron chi connectivity index (χ1n) is 8.54. The van der Waals surface area contributed by atoms with E-state index in [1.54, 1.807) is 24.8 Å². The summed E-state index contributed by atoms with van der Waals surface area (Å²) in [7, 11) is 0. The molecule has 0 bridgehead atoms. The Morgan fingerprint density at radius 2 is 2.19 bits per heavy atom. The Bertz CT molecular complexity index is 1050. The molecule has 0 unspecified atom stereocenters. The Labute approximate surface area is 156 Å². The highest BCUT2D eigenvalue weighted by molar-refractivity contribution is 6.06. The molecule has 0 atom stereocenters. The van der Waals surface area contributed by atoms with Gasteiger partial charge in [0.05, 0.1) is 23.1 Å². The van der Waals surface area contributed by atoms with Gasteiger partial charge < -0.3 is 10.6 Å². The summed E-state index contributed by atoms with van der Waals surface area (Å²) in [6, 6.07) is 9.45. The Hall–Kier alpha value is -3.74. The Morgan fingerprint density at radius 3 is 2.93 bits per heavy atom. The summed E-state index contributed by atoms with van der Waals surface area (Å²) >= 11 is 0. The zero-order valence-corrected chi connectivity index (χ0v) is 14.8. The number of carbonyl (C=O) groups excluding carboxylic acids is 1. The molecule has 3 heterocycles. The van der Waals surface area contributed by atoms with Crippen molar-refractivity contribution in [3.63, 3.8) is 0 Å². The first-order chi connectivity index (χ1) is 13.2. The highest BCUT2D eigenvalue weighted by Gasteiger charge is 2.27. The molecular weight excluding hydrogens is 340 g/mol. The van der Waals surface area contributed by atoms with Gasteiger partial charge in [0.15, 0.2) is 0 Å². The second-order valence-electron chi connectivity index (χ2n) is 5.92. The second kappa shape index (κ2) is 6.87. The van der Waals surface area contributed by atoms with Crippen molar-refractivity contribution in [3.05, 3.63) is 60.4 Å². The fourth-order valence-corrected chi connectivity index (χ4v) is 3.21. The van der Waals surface area contributed by atoms with Crippen molar-refractivity contribution < 1.29 is 4.79 Å². The van der Waals surface area contributed by atoms with E-state index in [0.717, 1.165) is 22.5 Å². The van der Waals surface area contributed by atoms with Gasteiger partial charge >= 0.3 is 0 Å². The SMILES string of the molecule is C=Cn1c(-c2ccc(Nc3ccccn3)c3c2CNC3=O)cnc1/N=C\C. The van der Waals surface area contributed by atoms with Gasteiger partial charge in [0.1, 0.15) is 5.82 Å². The third kappa shape index (κ3) is 2.89. The van der Waals surface area contributed by atoms with Crippen LogP contribution in [0.4, 0.5) is 17.5 Å². The summed E-state index contributed by atoms with van der Waals surface area (Å²) in [6.07, 6.45) is 6.80. The number of fused-ring (bicyclic) bond motifs is 1. The van der Waals surface area contributed by atoms with Crippen LogP contribution in [0.5, 0.6) is 0 Å². The average molecular weight is 358 g/mol. The third-order valence-corrected chi connectivity index (χ3v) is 4.37. The van der Waals surface area contributed by atoms with E-state index in [9.17, 15) is 4.79 Å². The first-order valence-corrected chi connectivity index (χ1v) is 8.54. The van der Waals surface area contributed by atoms with Crippen molar-refractivity contribution in [3.8, 4) is 11.3 Å². The van der Waals surface area contributed by atoms with E-state index in [0.29, 0.717) is 23.9 Å². The standard InChI is InChI=1S/C20H18N6O/c1-3-21-20-24-12-16(26(20)4-2)13-8-9-15(18-14(13)11-23-19(18)27)25-17-7-5-6-10-22-17/h3-10,12H,2,11H2,1H3,(H,22,25)(H,23,27)/b21-3-. The van der Waals surface area contributed by atoms with Gasteiger partial charge in [0.2, 0.25) is 5.95 Å². The molecule has 2 aromatic heterocycles. The van der Waals surface area contributed by atoms with Crippen LogP contribution in [-0.4, -0.2) is 26.7 Å². The number of imidazole rings is 1. The van der Waals surface area contributed by atoms with Gasteiger partial charge in [-0.15, -0.1) is 0 Å². The van der Waals surface area contributed by atoms with Crippen molar-refractivity contribution in [2.45, 2.75) is 13.5 Å². The van der Waals surface area contributed by atoms with Gasteiger partial charge in [-0.1, -0.05) is 18.7 Å². The highest BCUT2D eigenvalue weighted by Crippen LogP contribution is 2.36. The van der Waals surface area contributed by atoms with Crippen LogP contribution in [0.25, 0.3) is 17.5 Å². The maximum Gasteiger partial charge on any atom is 0.254 e. The summed E-state index contributed by atoms with van der Waals surface area (Å²) in [6.45, 7) is 6.15. The third-order valence-electron chi connectivity index (χ3n) is 4.37. The smallest absolute Gasteiger partial charge is 0.254 e. The molecule has 134 valence electrons. The van der Waals surface area contributed by atoms with Crippen molar-refractivity contribution in [2.24, 2.45) is 4.99 Å². The molecule has 1 aliphatic rings. The van der Waals surface area contributed by atoms with E-state index < -0.39 is 0 Å². The van der Waals surface area contributed by atoms with Crippen LogP contribution in [0.3, 0.4) is 0 Å². The highest BCUT2D eigenvalue weighted by atomic mass is 16.1. The number of nitrogens with one attached hydrogen (secondary N) is 2. The largest absolute Gasteiger partial charge is 0.348 e. The van der Waals surface area contributed by atoms with Crippen LogP contribution in [-0.2, 0) is 6.54 Å². The van der Waals surface area contributed by atoms with Crippen molar-refractivity contribution in [1.29, 1.82) is 0 Å². The van der Waals surface area contributed by atoms with Gasteiger partial charge in [-0.3, -0.25) is 9.36 Å². The minimum atomic E-state index is -0.109. The lowest BCUT2D eigenvalue weighted by Gasteiger charge is -2.13. The van der Waals surface area contributed by atoms with Crippen molar-refractivity contribution in [2.75, 3.05) is 5.32 Å². The van der Waals surface area contributed by atoms with Crippen LogP contribution in [0, 0.1) is 0 Å². The molecule has 0 fully saturated rings. The minimum absolute atomic E-state index is 0.109. The van der Waals surface area contributed by atoms with Crippen LogP contribution in [0.1, 0.15) is 22.8 Å². The first kappa shape index (κ1) is 16.7. The molecule has 1 aromatic carbocycles. The number of hydrogen-bond donors (Lipinski definition) is 2. The monoisotopic (exact) mass is 358 g/mol. The number of amides is 1. The number of anilines is 2. The van der Waals surface area contributed by atoms with Crippen molar-refractivity contribution in [1.82, 2.24) is 19.9 Å². The molecular formula is C20H18N6O. The molecule has 0 saturated carbocycles. The van der Waals surface area contributed by atoms with Crippen LogP contribution in [0.2, 0.25) is 0 Å². The van der Waals surface area contributed by atoms with Gasteiger partial charge in [0, 0.05) is 30.7 Å². The molecule has 1 amide bonds. The number of aromatic nitrogens is 3. The van der Waals surface area contributed by atoms with E-state index >= 15 is 0 Å². The maximum absolute atomic E-state index is 12.5. The molecule has 3 aromatic rings. The predicted molar refractivity (Wildman–Crippen MR) is 107 cm³/mol. The zero-order chi connectivity index (χ0) is 18.8. The van der Waals surface area contributed by atoms with E-state index in [2.05, 4.69) is 32.2 Å². The summed E-state index contributed by atoms with van der Waals surface area (Å²) in [4.78, 5) is 25.4. The second-order valence-corrected chi connectivity index (χ2v) is 5.92. The molecule has 1 aliphatic heterocycles. The van der Waals surface area contributed by atoms with Crippen molar-refractivity contribution >= 4 is 35.8 Å². The van der Waals surface area contributed by atoms with Gasteiger partial charge in [-0.05, 0) is 30.7 Å². The summed E-state index contributed by atoms with van der Waals surface area (Å²) < 4.78 is 1.81. The van der Waals surface area contributed by atoms with E-state index in [1.807, 2.05) is 41.8 Å². The number of carbonyl (C=O) groups is 1. The topological polar surface area (TPSA) is 84.2 Å². The van der Waals surface area contributed by atoms with Gasteiger partial charge in [-0.25, -0.2) is 15.0 Å². The Morgan fingerprint density at radius 1 is 1.30 bits per heavy atom. The summed E-state index contributed by atoms with van der Waals surface area (Å²) in [5, 5.41) is 6.14.